The maximum Gasteiger partial charge on any atom is 0.416 e. The van der Waals surface area contributed by atoms with E-state index in [2.05, 4.69) is 14.6 Å². The van der Waals surface area contributed by atoms with Gasteiger partial charge >= 0.3 is 6.18 Å². The van der Waals surface area contributed by atoms with E-state index in [-0.39, 0.29) is 18.0 Å². The van der Waals surface area contributed by atoms with Gasteiger partial charge in [0.15, 0.2) is 5.13 Å². The van der Waals surface area contributed by atoms with Crippen molar-refractivity contribution < 1.29 is 21.6 Å². The van der Waals surface area contributed by atoms with E-state index in [4.69, 9.17) is 0 Å². The molecule has 1 aliphatic rings. The molecule has 1 aromatic heterocycles. The van der Waals surface area contributed by atoms with Crippen LogP contribution in [0.2, 0.25) is 0 Å². The Balaban J connectivity index is 1.57. The Kier molecular flexibility index (Phi) is 6.07. The van der Waals surface area contributed by atoms with Gasteiger partial charge in [0.25, 0.3) is 0 Å². The van der Waals surface area contributed by atoms with Gasteiger partial charge in [0.1, 0.15) is 0 Å². The van der Waals surface area contributed by atoms with Crippen molar-refractivity contribution in [1.82, 2.24) is 9.71 Å². The Morgan fingerprint density at radius 3 is 2.85 bits per heavy atom. The molecule has 0 aliphatic carbocycles. The van der Waals surface area contributed by atoms with Crippen LogP contribution in [0.25, 0.3) is 0 Å². The topological polar surface area (TPSA) is 62.3 Å². The molecule has 1 N–H and O–H groups in total. The number of aromatic nitrogens is 1. The van der Waals surface area contributed by atoms with Crippen LogP contribution in [-0.2, 0) is 22.0 Å². The van der Waals surface area contributed by atoms with Gasteiger partial charge in [-0.2, -0.15) is 13.2 Å². The molecule has 0 radical (unpaired) electrons. The average Bonchev–Trinajstić information content (AvgIpc) is 3.14. The first kappa shape index (κ1) is 20.1. The zero-order chi connectivity index (χ0) is 19.5. The molecule has 2 heterocycles. The molecule has 0 amide bonds. The normalized spacial score (nSPS) is 18.6. The lowest BCUT2D eigenvalue weighted by atomic mass is 9.99. The number of benzene rings is 1. The van der Waals surface area contributed by atoms with Crippen molar-refractivity contribution >= 4 is 26.5 Å². The summed E-state index contributed by atoms with van der Waals surface area (Å²) in [5, 5.41) is 2.82. The molecule has 3 rings (SSSR count). The molecule has 1 aromatic carbocycles. The van der Waals surface area contributed by atoms with Crippen LogP contribution < -0.4 is 9.62 Å². The second kappa shape index (κ2) is 8.15. The second-order valence-corrected chi connectivity index (χ2v) is 9.25. The fourth-order valence-corrected chi connectivity index (χ4v) is 5.02. The number of hydrogen-bond donors (Lipinski definition) is 1. The van der Waals surface area contributed by atoms with Crippen molar-refractivity contribution in [3.63, 3.8) is 0 Å². The molecule has 0 saturated carbocycles. The zero-order valence-electron chi connectivity index (χ0n) is 14.4. The van der Waals surface area contributed by atoms with Gasteiger partial charge < -0.3 is 4.90 Å². The van der Waals surface area contributed by atoms with E-state index in [9.17, 15) is 21.6 Å². The number of rotatable bonds is 6. The SMILES string of the molecule is O=S(=O)(Cc1cccc(C(F)(F)F)c1)NCC1CCCN(c2nccs2)C1. The fourth-order valence-electron chi connectivity index (χ4n) is 3.13. The molecule has 10 heteroatoms. The Labute approximate surface area is 160 Å². The lowest BCUT2D eigenvalue weighted by Gasteiger charge is -2.32. The van der Waals surface area contributed by atoms with Gasteiger partial charge in [-0.3, -0.25) is 0 Å². The van der Waals surface area contributed by atoms with Gasteiger partial charge in [0, 0.05) is 31.2 Å². The first-order valence-electron chi connectivity index (χ1n) is 8.51. The third-order valence-corrected chi connectivity index (χ3v) is 6.56. The highest BCUT2D eigenvalue weighted by molar-refractivity contribution is 7.88. The zero-order valence-corrected chi connectivity index (χ0v) is 16.1. The third kappa shape index (κ3) is 5.66. The maximum absolute atomic E-state index is 12.8. The lowest BCUT2D eigenvalue weighted by molar-refractivity contribution is -0.137. The quantitative estimate of drug-likeness (QED) is 0.779. The summed E-state index contributed by atoms with van der Waals surface area (Å²) in [5.74, 6) is -0.334. The molecular weight excluding hydrogens is 399 g/mol. The van der Waals surface area contributed by atoms with E-state index in [1.807, 2.05) is 5.38 Å². The maximum atomic E-state index is 12.8. The summed E-state index contributed by atoms with van der Waals surface area (Å²) in [7, 11) is -3.72. The molecule has 2 aromatic rings. The van der Waals surface area contributed by atoms with Gasteiger partial charge in [-0.25, -0.2) is 18.1 Å². The van der Waals surface area contributed by atoms with Crippen molar-refractivity contribution in [2.75, 3.05) is 24.5 Å². The van der Waals surface area contributed by atoms with Gasteiger partial charge in [-0.1, -0.05) is 18.2 Å². The van der Waals surface area contributed by atoms with E-state index < -0.39 is 27.5 Å². The average molecular weight is 419 g/mol. The summed E-state index contributed by atoms with van der Waals surface area (Å²) < 4.78 is 65.5. The van der Waals surface area contributed by atoms with Crippen molar-refractivity contribution in [2.45, 2.75) is 24.8 Å². The minimum Gasteiger partial charge on any atom is -0.348 e. The van der Waals surface area contributed by atoms with Crippen LogP contribution in [-0.4, -0.2) is 33.0 Å². The first-order chi connectivity index (χ1) is 12.7. The Morgan fingerprint density at radius 1 is 1.33 bits per heavy atom. The summed E-state index contributed by atoms with van der Waals surface area (Å²) in [6, 6.07) is 4.42. The fraction of sp³-hybridized carbons (Fsp3) is 0.471. The van der Waals surface area contributed by atoms with Crippen LogP contribution in [0.3, 0.4) is 0 Å². The van der Waals surface area contributed by atoms with Gasteiger partial charge in [-0.05, 0) is 30.4 Å². The molecule has 148 valence electrons. The number of sulfonamides is 1. The minimum absolute atomic E-state index is 0.116. The molecule has 1 aliphatic heterocycles. The number of piperidine rings is 1. The standard InChI is InChI=1S/C17H20F3N3O2S2/c18-17(19,20)15-5-1-3-13(9-15)12-27(24,25)22-10-14-4-2-7-23(11-14)16-21-6-8-26-16/h1,3,5-6,8-9,14,22H,2,4,7,10-12H2. The van der Waals surface area contributed by atoms with E-state index in [0.29, 0.717) is 6.54 Å². The minimum atomic E-state index is -4.49. The first-order valence-corrected chi connectivity index (χ1v) is 11.0. The summed E-state index contributed by atoms with van der Waals surface area (Å²) >= 11 is 1.54. The van der Waals surface area contributed by atoms with Gasteiger partial charge in [-0.15, -0.1) is 11.3 Å². The largest absolute Gasteiger partial charge is 0.416 e. The smallest absolute Gasteiger partial charge is 0.348 e. The highest BCUT2D eigenvalue weighted by Gasteiger charge is 2.30. The Bertz CT molecular complexity index is 855. The summed E-state index contributed by atoms with van der Waals surface area (Å²) in [5.41, 5.74) is -0.730. The Morgan fingerprint density at radius 2 is 2.15 bits per heavy atom. The van der Waals surface area contributed by atoms with Crippen LogP contribution in [0.5, 0.6) is 0 Å². The summed E-state index contributed by atoms with van der Waals surface area (Å²) in [6.07, 6.45) is -0.913. The predicted molar refractivity (Wildman–Crippen MR) is 99.1 cm³/mol. The monoisotopic (exact) mass is 419 g/mol. The number of halogens is 3. The van der Waals surface area contributed by atoms with Crippen molar-refractivity contribution in [1.29, 1.82) is 0 Å². The second-order valence-electron chi connectivity index (χ2n) is 6.57. The van der Waals surface area contributed by atoms with Crippen molar-refractivity contribution in [2.24, 2.45) is 5.92 Å². The molecule has 1 unspecified atom stereocenters. The van der Waals surface area contributed by atoms with Crippen LogP contribution in [0.4, 0.5) is 18.3 Å². The summed E-state index contributed by atoms with van der Waals surface area (Å²) in [4.78, 5) is 6.42. The molecule has 0 spiro atoms. The van der Waals surface area contributed by atoms with Crippen molar-refractivity contribution in [3.05, 3.63) is 47.0 Å². The molecule has 27 heavy (non-hydrogen) atoms. The number of anilines is 1. The molecule has 1 fully saturated rings. The van der Waals surface area contributed by atoms with Crippen LogP contribution in [0, 0.1) is 5.92 Å². The number of hydrogen-bond acceptors (Lipinski definition) is 5. The van der Waals surface area contributed by atoms with Crippen molar-refractivity contribution in [3.8, 4) is 0 Å². The highest BCUT2D eigenvalue weighted by Crippen LogP contribution is 2.30. The van der Waals surface area contributed by atoms with E-state index in [1.54, 1.807) is 17.5 Å². The highest BCUT2D eigenvalue weighted by atomic mass is 32.2. The number of thiazole rings is 1. The van der Waals surface area contributed by atoms with E-state index in [1.165, 1.54) is 12.1 Å². The molecule has 1 saturated heterocycles. The molecule has 5 nitrogen and oxygen atoms in total. The van der Waals surface area contributed by atoms with Crippen LogP contribution in [0.1, 0.15) is 24.0 Å². The van der Waals surface area contributed by atoms with Gasteiger partial charge in [0.2, 0.25) is 10.0 Å². The van der Waals surface area contributed by atoms with Crippen LogP contribution >= 0.6 is 11.3 Å². The molecular formula is C17H20F3N3O2S2. The molecule has 1 atom stereocenters. The predicted octanol–water partition coefficient (Wildman–Crippen LogP) is 3.50. The van der Waals surface area contributed by atoms with E-state index >= 15 is 0 Å². The number of nitrogens with one attached hydrogen (secondary N) is 1. The third-order valence-electron chi connectivity index (χ3n) is 4.41. The Hall–Kier alpha value is -1.65. The number of nitrogens with zero attached hydrogens (tertiary/aromatic N) is 2. The summed E-state index contributed by atoms with van der Waals surface area (Å²) in [6.45, 7) is 1.86. The van der Waals surface area contributed by atoms with E-state index in [0.717, 1.165) is 36.7 Å². The lowest BCUT2D eigenvalue weighted by Crippen LogP contribution is -2.41. The van der Waals surface area contributed by atoms with Crippen LogP contribution in [0.15, 0.2) is 35.8 Å². The number of alkyl halides is 3. The van der Waals surface area contributed by atoms with Gasteiger partial charge in [0.05, 0.1) is 11.3 Å². The molecule has 0 bridgehead atoms.